The van der Waals surface area contributed by atoms with Crippen molar-refractivity contribution in [1.82, 2.24) is 4.90 Å². The fourth-order valence-corrected chi connectivity index (χ4v) is 2.47. The lowest BCUT2D eigenvalue weighted by atomic mass is 10.1. The molecule has 2 rings (SSSR count). The number of urea groups is 1. The number of carboxylic acid groups (broad SMARTS) is 1. The highest BCUT2D eigenvalue weighted by Gasteiger charge is 2.39. The normalized spacial score (nSPS) is 16.6. The highest BCUT2D eigenvalue weighted by molar-refractivity contribution is 6.01. The molecule has 1 heterocycles. The monoisotopic (exact) mass is 274 g/mol. The maximum atomic E-state index is 12.6. The summed E-state index contributed by atoms with van der Waals surface area (Å²) in [6.45, 7) is 6.40. The van der Waals surface area contributed by atoms with Crippen molar-refractivity contribution >= 4 is 17.7 Å². The van der Waals surface area contributed by atoms with E-state index >= 15 is 0 Å². The van der Waals surface area contributed by atoms with E-state index < -0.39 is 12.0 Å². The molecule has 1 atom stereocenters. The highest BCUT2D eigenvalue weighted by Crippen LogP contribution is 2.33. The Morgan fingerprint density at radius 3 is 2.80 bits per heavy atom. The Hall–Kier alpha value is -2.30. The third-order valence-corrected chi connectivity index (χ3v) is 3.47. The Bertz CT molecular complexity index is 542. The molecule has 0 bridgehead atoms. The van der Waals surface area contributed by atoms with Crippen molar-refractivity contribution in [3.8, 4) is 0 Å². The van der Waals surface area contributed by atoms with Crippen LogP contribution in [0.15, 0.2) is 36.9 Å². The lowest BCUT2D eigenvalue weighted by Gasteiger charge is -2.29. The molecule has 0 aromatic heterocycles. The van der Waals surface area contributed by atoms with Crippen molar-refractivity contribution < 1.29 is 14.7 Å². The van der Waals surface area contributed by atoms with Gasteiger partial charge in [0.1, 0.15) is 6.04 Å². The van der Waals surface area contributed by atoms with Crippen LogP contribution in [0.25, 0.3) is 0 Å². The number of carboxylic acids is 1. The van der Waals surface area contributed by atoms with E-state index in [0.29, 0.717) is 25.2 Å². The molecule has 0 aliphatic carbocycles. The molecule has 1 N–H and O–H groups in total. The van der Waals surface area contributed by atoms with Crippen LogP contribution in [-0.4, -0.2) is 41.1 Å². The van der Waals surface area contributed by atoms with Gasteiger partial charge in [-0.3, -0.25) is 4.90 Å². The molecule has 0 saturated heterocycles. The molecule has 0 fully saturated rings. The van der Waals surface area contributed by atoms with Crippen molar-refractivity contribution in [3.63, 3.8) is 0 Å². The number of anilines is 1. The van der Waals surface area contributed by atoms with Gasteiger partial charge in [-0.05, 0) is 18.6 Å². The second kappa shape index (κ2) is 5.77. The molecule has 0 radical (unpaired) electrons. The highest BCUT2D eigenvalue weighted by atomic mass is 16.4. The average molecular weight is 274 g/mol. The van der Waals surface area contributed by atoms with Crippen LogP contribution in [0, 0.1) is 0 Å². The van der Waals surface area contributed by atoms with Crippen LogP contribution in [0.5, 0.6) is 0 Å². The Kier molecular flexibility index (Phi) is 4.08. The van der Waals surface area contributed by atoms with E-state index in [4.69, 9.17) is 0 Å². The number of rotatable bonds is 4. The summed E-state index contributed by atoms with van der Waals surface area (Å²) in [6, 6.07) is 6.20. The number of fused-ring (bicyclic) bond motifs is 1. The third-order valence-electron chi connectivity index (χ3n) is 3.47. The second-order valence-corrected chi connectivity index (χ2v) is 4.67. The number of benzene rings is 1. The minimum absolute atomic E-state index is 0.287. The van der Waals surface area contributed by atoms with Crippen molar-refractivity contribution in [2.24, 2.45) is 0 Å². The summed E-state index contributed by atoms with van der Waals surface area (Å²) in [5.74, 6) is -0.982. The van der Waals surface area contributed by atoms with E-state index in [2.05, 4.69) is 6.58 Å². The van der Waals surface area contributed by atoms with Crippen LogP contribution in [0.3, 0.4) is 0 Å². The topological polar surface area (TPSA) is 60.9 Å². The van der Waals surface area contributed by atoms with E-state index in [-0.39, 0.29) is 6.03 Å². The van der Waals surface area contributed by atoms with Crippen LogP contribution in [-0.2, 0) is 11.2 Å². The summed E-state index contributed by atoms with van der Waals surface area (Å²) in [7, 11) is 0. The van der Waals surface area contributed by atoms with Gasteiger partial charge < -0.3 is 10.0 Å². The van der Waals surface area contributed by atoms with Crippen LogP contribution in [0.2, 0.25) is 0 Å². The lowest BCUT2D eigenvalue weighted by molar-refractivity contribution is -0.138. The number of carbonyl (C=O) groups excluding carboxylic acids is 1. The fourth-order valence-electron chi connectivity index (χ4n) is 2.47. The third kappa shape index (κ3) is 2.39. The molecule has 1 aromatic rings. The number of hydrogen-bond donors (Lipinski definition) is 1. The van der Waals surface area contributed by atoms with Crippen molar-refractivity contribution in [2.75, 3.05) is 18.0 Å². The smallest absolute Gasteiger partial charge is 0.327 e. The summed E-state index contributed by atoms with van der Waals surface area (Å²) in [4.78, 5) is 27.0. The minimum Gasteiger partial charge on any atom is -0.480 e. The molecule has 5 nitrogen and oxygen atoms in total. The van der Waals surface area contributed by atoms with Crippen LogP contribution >= 0.6 is 0 Å². The van der Waals surface area contributed by atoms with Crippen molar-refractivity contribution in [1.29, 1.82) is 0 Å². The molecule has 20 heavy (non-hydrogen) atoms. The van der Waals surface area contributed by atoms with Gasteiger partial charge in [-0.25, -0.2) is 9.59 Å². The lowest BCUT2D eigenvalue weighted by Crippen LogP contribution is -2.49. The van der Waals surface area contributed by atoms with Gasteiger partial charge >= 0.3 is 12.0 Å². The second-order valence-electron chi connectivity index (χ2n) is 4.67. The summed E-state index contributed by atoms with van der Waals surface area (Å²) in [6.07, 6.45) is 1.99. The predicted octanol–water partition coefficient (Wildman–Crippen LogP) is 2.13. The number of nitrogens with zero attached hydrogens (tertiary/aromatic N) is 2. The number of para-hydroxylation sites is 1. The fraction of sp³-hybridized carbons (Fsp3) is 0.333. The molecule has 0 saturated carbocycles. The summed E-state index contributed by atoms with van der Waals surface area (Å²) >= 11 is 0. The molecular weight excluding hydrogens is 256 g/mol. The van der Waals surface area contributed by atoms with Gasteiger partial charge in [0.15, 0.2) is 0 Å². The van der Waals surface area contributed by atoms with Crippen molar-refractivity contribution in [2.45, 2.75) is 19.4 Å². The van der Waals surface area contributed by atoms with Gasteiger partial charge in [-0.2, -0.15) is 0 Å². The molecular formula is C15H18N2O3. The van der Waals surface area contributed by atoms with Crippen LogP contribution in [0.4, 0.5) is 10.5 Å². The van der Waals surface area contributed by atoms with Gasteiger partial charge in [0, 0.05) is 25.2 Å². The van der Waals surface area contributed by atoms with E-state index in [0.717, 1.165) is 5.56 Å². The van der Waals surface area contributed by atoms with E-state index in [1.807, 2.05) is 25.1 Å². The first-order valence-electron chi connectivity index (χ1n) is 6.59. The number of amides is 2. The maximum Gasteiger partial charge on any atom is 0.327 e. The number of carbonyl (C=O) groups is 2. The first-order chi connectivity index (χ1) is 9.60. The molecule has 106 valence electrons. The molecule has 5 heteroatoms. The zero-order valence-electron chi connectivity index (χ0n) is 11.5. The molecule has 0 spiro atoms. The largest absolute Gasteiger partial charge is 0.480 e. The van der Waals surface area contributed by atoms with Gasteiger partial charge in [0.05, 0.1) is 0 Å². The molecule has 1 aromatic carbocycles. The Labute approximate surface area is 118 Å². The molecule has 2 amide bonds. The number of likely N-dealkylation sites (N-methyl/N-ethyl adjacent to an activating group) is 1. The molecule has 1 aliphatic rings. The first kappa shape index (κ1) is 14.1. The number of hydrogen-bond acceptors (Lipinski definition) is 2. The number of aliphatic carboxylic acids is 1. The predicted molar refractivity (Wildman–Crippen MR) is 76.9 cm³/mol. The molecule has 1 aliphatic heterocycles. The summed E-state index contributed by atoms with van der Waals surface area (Å²) < 4.78 is 0. The Morgan fingerprint density at radius 2 is 2.20 bits per heavy atom. The van der Waals surface area contributed by atoms with Gasteiger partial charge in [-0.15, -0.1) is 6.58 Å². The minimum atomic E-state index is -0.982. The van der Waals surface area contributed by atoms with E-state index in [1.54, 1.807) is 17.0 Å². The van der Waals surface area contributed by atoms with E-state index in [9.17, 15) is 14.7 Å². The summed E-state index contributed by atoms with van der Waals surface area (Å²) in [5.41, 5.74) is 1.58. The molecule has 0 unspecified atom stereocenters. The van der Waals surface area contributed by atoms with Crippen LogP contribution < -0.4 is 4.90 Å². The Morgan fingerprint density at radius 1 is 1.50 bits per heavy atom. The van der Waals surface area contributed by atoms with Crippen molar-refractivity contribution in [3.05, 3.63) is 42.5 Å². The summed E-state index contributed by atoms with van der Waals surface area (Å²) in [5, 5.41) is 9.36. The standard InChI is InChI=1S/C15H18N2O3/c1-3-9-16(4-2)15(20)17-12-8-6-5-7-11(12)10-13(17)14(18)19/h3,5-8,13H,1,4,9-10H2,2H3,(H,18,19)/t13-/m0/s1. The van der Waals surface area contributed by atoms with Crippen LogP contribution in [0.1, 0.15) is 12.5 Å². The first-order valence-corrected chi connectivity index (χ1v) is 6.59. The van der Waals surface area contributed by atoms with Gasteiger partial charge in [-0.1, -0.05) is 24.3 Å². The van der Waals surface area contributed by atoms with Gasteiger partial charge in [0.2, 0.25) is 0 Å². The average Bonchev–Trinajstić information content (AvgIpc) is 2.83. The van der Waals surface area contributed by atoms with Gasteiger partial charge in [0.25, 0.3) is 0 Å². The SMILES string of the molecule is C=CCN(CC)C(=O)N1c2ccccc2C[C@H]1C(=O)O. The zero-order valence-corrected chi connectivity index (χ0v) is 11.5. The quantitative estimate of drug-likeness (QED) is 0.856. The van der Waals surface area contributed by atoms with E-state index in [1.165, 1.54) is 4.90 Å². The Balaban J connectivity index is 2.37. The zero-order chi connectivity index (χ0) is 14.7. The maximum absolute atomic E-state index is 12.6.